The van der Waals surface area contributed by atoms with Crippen LogP contribution in [0.1, 0.15) is 67.7 Å². The SMILES string of the molecule is CCC(C)NS(=O)(=O)c1c(C(=O)N2CCCCCC2)c(C)n(C)c1C. The summed E-state index contributed by atoms with van der Waals surface area (Å²) in [5, 5.41) is 0. The van der Waals surface area contributed by atoms with Gasteiger partial charge in [-0.25, -0.2) is 13.1 Å². The molecule has 1 amide bonds. The van der Waals surface area contributed by atoms with E-state index in [1.807, 2.05) is 32.7 Å². The van der Waals surface area contributed by atoms with E-state index >= 15 is 0 Å². The molecule has 0 spiro atoms. The van der Waals surface area contributed by atoms with Gasteiger partial charge < -0.3 is 9.47 Å². The van der Waals surface area contributed by atoms with E-state index < -0.39 is 10.0 Å². The third-order valence-electron chi connectivity index (χ3n) is 5.27. The Morgan fingerprint density at radius 2 is 1.68 bits per heavy atom. The zero-order chi connectivity index (χ0) is 18.8. The highest BCUT2D eigenvalue weighted by Crippen LogP contribution is 2.28. The zero-order valence-electron chi connectivity index (χ0n) is 16.1. The highest BCUT2D eigenvalue weighted by atomic mass is 32.2. The topological polar surface area (TPSA) is 71.4 Å². The van der Waals surface area contributed by atoms with E-state index in [1.165, 1.54) is 0 Å². The van der Waals surface area contributed by atoms with Crippen molar-refractivity contribution in [2.45, 2.75) is 70.7 Å². The molecule has 1 aliphatic heterocycles. The van der Waals surface area contributed by atoms with E-state index in [0.717, 1.165) is 25.7 Å². The number of hydrogen-bond donors (Lipinski definition) is 1. The first-order valence-electron chi connectivity index (χ1n) is 9.18. The molecule has 1 unspecified atom stereocenters. The van der Waals surface area contributed by atoms with Gasteiger partial charge in [-0.3, -0.25) is 4.79 Å². The summed E-state index contributed by atoms with van der Waals surface area (Å²) in [6.45, 7) is 8.74. The largest absolute Gasteiger partial charge is 0.350 e. The lowest BCUT2D eigenvalue weighted by Gasteiger charge is -2.21. The van der Waals surface area contributed by atoms with Gasteiger partial charge in [0.2, 0.25) is 10.0 Å². The molecule has 6 nitrogen and oxygen atoms in total. The standard InChI is InChI=1S/C18H31N3O3S/c1-6-13(2)19-25(23,24)17-15(4)20(5)14(3)16(17)18(22)21-11-9-7-8-10-12-21/h13,19H,6-12H2,1-5H3. The average molecular weight is 370 g/mol. The summed E-state index contributed by atoms with van der Waals surface area (Å²) >= 11 is 0. The van der Waals surface area contributed by atoms with Crippen LogP contribution >= 0.6 is 0 Å². The summed E-state index contributed by atoms with van der Waals surface area (Å²) in [5.41, 5.74) is 1.64. The molecule has 0 radical (unpaired) electrons. The summed E-state index contributed by atoms with van der Waals surface area (Å²) in [5.74, 6) is -0.160. The number of hydrogen-bond acceptors (Lipinski definition) is 3. The molecule has 25 heavy (non-hydrogen) atoms. The molecule has 142 valence electrons. The molecule has 1 aliphatic rings. The lowest BCUT2D eigenvalue weighted by Crippen LogP contribution is -2.36. The number of nitrogens with zero attached hydrogens (tertiary/aromatic N) is 2. The molecule has 1 atom stereocenters. The van der Waals surface area contributed by atoms with Crippen molar-refractivity contribution in [3.8, 4) is 0 Å². The second-order valence-electron chi connectivity index (χ2n) is 7.07. The van der Waals surface area contributed by atoms with Gasteiger partial charge in [-0.2, -0.15) is 0 Å². The Hall–Kier alpha value is -1.34. The average Bonchev–Trinajstić information content (AvgIpc) is 2.78. The first-order chi connectivity index (χ1) is 11.7. The first-order valence-corrected chi connectivity index (χ1v) is 10.7. The van der Waals surface area contributed by atoms with Crippen molar-refractivity contribution in [3.05, 3.63) is 17.0 Å². The number of sulfonamides is 1. The molecule has 0 aliphatic carbocycles. The van der Waals surface area contributed by atoms with Crippen molar-refractivity contribution in [2.24, 2.45) is 7.05 Å². The fourth-order valence-corrected chi connectivity index (χ4v) is 5.18. The Kier molecular flexibility index (Phi) is 6.32. The Morgan fingerprint density at radius 3 is 2.20 bits per heavy atom. The predicted molar refractivity (Wildman–Crippen MR) is 99.3 cm³/mol. The van der Waals surface area contributed by atoms with Crippen LogP contribution in [0.25, 0.3) is 0 Å². The Labute approximate surface area is 151 Å². The van der Waals surface area contributed by atoms with Crippen LogP contribution in [0.5, 0.6) is 0 Å². The Bertz CT molecular complexity index is 729. The van der Waals surface area contributed by atoms with Crippen LogP contribution in [0.3, 0.4) is 0 Å². The van der Waals surface area contributed by atoms with Crippen molar-refractivity contribution in [1.82, 2.24) is 14.2 Å². The lowest BCUT2D eigenvalue weighted by atomic mass is 10.2. The summed E-state index contributed by atoms with van der Waals surface area (Å²) < 4.78 is 30.4. The van der Waals surface area contributed by atoms with Crippen LogP contribution in [0.15, 0.2) is 4.90 Å². The zero-order valence-corrected chi connectivity index (χ0v) is 16.9. The fourth-order valence-electron chi connectivity index (χ4n) is 3.34. The normalized spacial score (nSPS) is 17.4. The maximum atomic E-state index is 13.2. The number of carbonyl (C=O) groups is 1. The molecular formula is C18H31N3O3S. The summed E-state index contributed by atoms with van der Waals surface area (Å²) in [7, 11) is -1.93. The number of amides is 1. The maximum absolute atomic E-state index is 13.2. The van der Waals surface area contributed by atoms with Gasteiger partial charge >= 0.3 is 0 Å². The molecular weight excluding hydrogens is 338 g/mol. The van der Waals surface area contributed by atoms with Gasteiger partial charge in [0, 0.05) is 37.6 Å². The molecule has 1 N–H and O–H groups in total. The van der Waals surface area contributed by atoms with E-state index in [0.29, 0.717) is 36.5 Å². The predicted octanol–water partition coefficient (Wildman–Crippen LogP) is 2.73. The van der Waals surface area contributed by atoms with E-state index in [4.69, 9.17) is 0 Å². The molecule has 0 bridgehead atoms. The number of rotatable bonds is 5. The Balaban J connectivity index is 2.51. The fraction of sp³-hybridized carbons (Fsp3) is 0.722. The quantitative estimate of drug-likeness (QED) is 0.867. The number of likely N-dealkylation sites (tertiary alicyclic amines) is 1. The molecule has 1 aromatic rings. The molecule has 2 heterocycles. The first kappa shape index (κ1) is 20.0. The number of carbonyl (C=O) groups excluding carboxylic acids is 1. The van der Waals surface area contributed by atoms with Gasteiger partial charge in [0.1, 0.15) is 4.90 Å². The third-order valence-corrected chi connectivity index (χ3v) is 7.02. The summed E-state index contributed by atoms with van der Waals surface area (Å²) in [6.07, 6.45) is 4.89. The molecule has 0 aromatic carbocycles. The minimum Gasteiger partial charge on any atom is -0.350 e. The van der Waals surface area contributed by atoms with E-state index in [-0.39, 0.29) is 16.8 Å². The van der Waals surface area contributed by atoms with Crippen LogP contribution in [-0.2, 0) is 17.1 Å². The maximum Gasteiger partial charge on any atom is 0.257 e. The molecule has 1 saturated heterocycles. The van der Waals surface area contributed by atoms with Crippen LogP contribution in [0.4, 0.5) is 0 Å². The Morgan fingerprint density at radius 1 is 1.12 bits per heavy atom. The molecule has 2 rings (SSSR count). The van der Waals surface area contributed by atoms with Crippen molar-refractivity contribution >= 4 is 15.9 Å². The van der Waals surface area contributed by atoms with Crippen molar-refractivity contribution in [1.29, 1.82) is 0 Å². The van der Waals surface area contributed by atoms with Crippen LogP contribution in [0.2, 0.25) is 0 Å². The van der Waals surface area contributed by atoms with Crippen molar-refractivity contribution in [3.63, 3.8) is 0 Å². The second kappa shape index (κ2) is 7.91. The van der Waals surface area contributed by atoms with Gasteiger partial charge in [-0.15, -0.1) is 0 Å². The van der Waals surface area contributed by atoms with Crippen LogP contribution < -0.4 is 4.72 Å². The summed E-state index contributed by atoms with van der Waals surface area (Å²) in [4.78, 5) is 15.1. The molecule has 0 saturated carbocycles. The van der Waals surface area contributed by atoms with Crippen LogP contribution in [-0.4, -0.2) is 42.9 Å². The van der Waals surface area contributed by atoms with Crippen molar-refractivity contribution in [2.75, 3.05) is 13.1 Å². The highest BCUT2D eigenvalue weighted by Gasteiger charge is 2.33. The molecule has 1 fully saturated rings. The number of nitrogens with one attached hydrogen (secondary N) is 1. The second-order valence-corrected chi connectivity index (χ2v) is 8.72. The highest BCUT2D eigenvalue weighted by molar-refractivity contribution is 7.89. The summed E-state index contributed by atoms with van der Waals surface area (Å²) in [6, 6.07) is -0.175. The minimum absolute atomic E-state index is 0.141. The minimum atomic E-state index is -3.75. The monoisotopic (exact) mass is 369 g/mol. The third kappa shape index (κ3) is 4.08. The lowest BCUT2D eigenvalue weighted by molar-refractivity contribution is 0.0757. The van der Waals surface area contributed by atoms with Gasteiger partial charge in [0.25, 0.3) is 5.91 Å². The number of aromatic nitrogens is 1. The van der Waals surface area contributed by atoms with Gasteiger partial charge in [-0.1, -0.05) is 19.8 Å². The van der Waals surface area contributed by atoms with E-state index in [1.54, 1.807) is 11.5 Å². The van der Waals surface area contributed by atoms with E-state index in [9.17, 15) is 13.2 Å². The smallest absolute Gasteiger partial charge is 0.257 e. The van der Waals surface area contributed by atoms with Gasteiger partial charge in [0.15, 0.2) is 0 Å². The van der Waals surface area contributed by atoms with Gasteiger partial charge in [-0.05, 0) is 40.0 Å². The molecule has 7 heteroatoms. The van der Waals surface area contributed by atoms with Crippen LogP contribution in [0, 0.1) is 13.8 Å². The molecule has 1 aromatic heterocycles. The van der Waals surface area contributed by atoms with E-state index in [2.05, 4.69) is 4.72 Å². The van der Waals surface area contributed by atoms with Crippen molar-refractivity contribution < 1.29 is 13.2 Å². The van der Waals surface area contributed by atoms with Gasteiger partial charge in [0.05, 0.1) is 5.56 Å².